The van der Waals surface area contributed by atoms with Crippen LogP contribution >= 0.6 is 0 Å². The van der Waals surface area contributed by atoms with E-state index in [0.717, 1.165) is 0 Å². The average Bonchev–Trinajstić information content (AvgIpc) is 3.24. The van der Waals surface area contributed by atoms with Gasteiger partial charge in [0.05, 0.1) is 0 Å². The Balaban J connectivity index is 1.70. The fourth-order valence-electron chi connectivity index (χ4n) is 5.08. The molecule has 1 N–H and O–H groups in total. The predicted octanol–water partition coefficient (Wildman–Crippen LogP) is 8.90. The van der Waals surface area contributed by atoms with Crippen LogP contribution in [0, 0.1) is 87.3 Å². The highest BCUT2D eigenvalue weighted by molar-refractivity contribution is 5.76. The van der Waals surface area contributed by atoms with Crippen molar-refractivity contribution in [3.8, 4) is 17.2 Å². The van der Waals surface area contributed by atoms with Crippen LogP contribution in [0.25, 0.3) is 0 Å². The molecule has 0 saturated heterocycles. The third kappa shape index (κ3) is 10.2. The second kappa shape index (κ2) is 19.1. The number of nitrogens with one attached hydrogen (secondary N) is 1. The molecule has 0 spiro atoms. The summed E-state index contributed by atoms with van der Waals surface area (Å²) in [5.41, 5.74) is -2.17. The maximum Gasteiger partial charge on any atom is 0.407 e. The summed E-state index contributed by atoms with van der Waals surface area (Å²) in [7, 11) is 0. The zero-order valence-corrected chi connectivity index (χ0v) is 29.3. The van der Waals surface area contributed by atoms with Crippen molar-refractivity contribution in [3.05, 3.63) is 123 Å². The van der Waals surface area contributed by atoms with Gasteiger partial charge in [0.15, 0.2) is 0 Å². The van der Waals surface area contributed by atoms with Crippen LogP contribution in [-0.2, 0) is 25.7 Å². The summed E-state index contributed by atoms with van der Waals surface area (Å²) >= 11 is 0. The van der Waals surface area contributed by atoms with Crippen molar-refractivity contribution in [2.45, 2.75) is 50.7 Å². The molecule has 0 aromatic heterocycles. The fourth-order valence-corrected chi connectivity index (χ4v) is 5.08. The van der Waals surface area contributed by atoms with E-state index in [4.69, 9.17) is 4.74 Å². The Labute approximate surface area is 324 Å². The topological polar surface area (TPSA) is 117 Å². The van der Waals surface area contributed by atoms with Gasteiger partial charge in [0.2, 0.25) is 105 Å². The highest BCUT2D eigenvalue weighted by Crippen LogP contribution is 2.34. The van der Waals surface area contributed by atoms with Gasteiger partial charge in [-0.1, -0.05) is 30.3 Å². The number of halogens is 15. The van der Waals surface area contributed by atoms with Gasteiger partial charge in [0.25, 0.3) is 0 Å². The van der Waals surface area contributed by atoms with Gasteiger partial charge in [0.1, 0.15) is 6.61 Å². The lowest BCUT2D eigenvalue weighted by Gasteiger charge is -2.34. The molecule has 0 unspecified atom stereocenters. The lowest BCUT2D eigenvalue weighted by molar-refractivity contribution is -0.135. The maximum atomic E-state index is 14.3. The monoisotopic (exact) mass is 879 g/mol. The fraction of sp³-hybridized carbons (Fsp3) is 0.222. The van der Waals surface area contributed by atoms with Crippen molar-refractivity contribution in [3.63, 3.8) is 0 Å². The molecule has 4 aromatic rings. The van der Waals surface area contributed by atoms with Crippen LogP contribution in [0.15, 0.2) is 30.3 Å². The normalized spacial score (nSPS) is 11.3. The first-order valence-electron chi connectivity index (χ1n) is 16.3. The van der Waals surface area contributed by atoms with Gasteiger partial charge < -0.3 is 24.3 Å². The van der Waals surface area contributed by atoms with Crippen LogP contribution in [0.1, 0.15) is 44.1 Å². The molecule has 0 saturated carbocycles. The van der Waals surface area contributed by atoms with E-state index in [1.165, 1.54) is 24.3 Å². The molecule has 0 radical (unpaired) electrons. The first kappa shape index (κ1) is 46.2. The Hall–Kier alpha value is -6.49. The molecule has 4 aromatic carbocycles. The Morgan fingerprint density at radius 3 is 0.967 bits per heavy atom. The molecule has 9 nitrogen and oxygen atoms in total. The van der Waals surface area contributed by atoms with E-state index >= 15 is 0 Å². The summed E-state index contributed by atoms with van der Waals surface area (Å²) < 4.78 is 226. The van der Waals surface area contributed by atoms with Crippen molar-refractivity contribution in [2.24, 2.45) is 0 Å². The third-order valence-electron chi connectivity index (χ3n) is 8.16. The van der Waals surface area contributed by atoms with Crippen LogP contribution in [0.2, 0.25) is 0 Å². The van der Waals surface area contributed by atoms with Crippen molar-refractivity contribution in [1.82, 2.24) is 5.32 Å². The molecular formula is C36H20F15NO8. The molecule has 0 heterocycles. The number of ether oxygens (including phenoxy) is 4. The van der Waals surface area contributed by atoms with Crippen LogP contribution in [0.3, 0.4) is 0 Å². The molecular weight excluding hydrogens is 859 g/mol. The number of amides is 1. The highest BCUT2D eigenvalue weighted by atomic mass is 19.2. The number of carbonyl (C=O) groups excluding carboxylic acids is 4. The van der Waals surface area contributed by atoms with E-state index in [9.17, 15) is 85.0 Å². The van der Waals surface area contributed by atoms with Gasteiger partial charge in [0, 0.05) is 24.8 Å². The smallest absolute Gasteiger partial charge is 0.407 e. The molecule has 60 heavy (non-hydrogen) atoms. The minimum absolute atomic E-state index is 0.308. The zero-order chi connectivity index (χ0) is 44.8. The summed E-state index contributed by atoms with van der Waals surface area (Å²) in [6.07, 6.45) is -8.81. The molecule has 1 amide bonds. The van der Waals surface area contributed by atoms with Gasteiger partial charge in [-0.05, 0) is 24.8 Å². The summed E-state index contributed by atoms with van der Waals surface area (Å²) in [4.78, 5) is 51.4. The minimum Gasteiger partial charge on any atom is -0.445 e. The SMILES string of the molecule is O=C(CCC(CCC(=O)Oc1c(F)c(F)c(F)c(F)c1F)(CCC(=O)Oc1c(F)c(F)c(F)c(F)c1F)NC(=O)OCc1ccccc1)Oc1c(F)c(F)c(F)c(F)c1F. The van der Waals surface area contributed by atoms with Crippen molar-refractivity contribution >= 4 is 24.0 Å². The summed E-state index contributed by atoms with van der Waals surface area (Å²) in [6, 6.07) is 7.39. The van der Waals surface area contributed by atoms with E-state index in [1.54, 1.807) is 6.07 Å². The molecule has 0 aliphatic heterocycles. The van der Waals surface area contributed by atoms with Gasteiger partial charge >= 0.3 is 24.0 Å². The number of esters is 3. The van der Waals surface area contributed by atoms with Crippen LogP contribution < -0.4 is 19.5 Å². The number of benzene rings is 4. The molecule has 322 valence electrons. The number of hydrogen-bond donors (Lipinski definition) is 1. The van der Waals surface area contributed by atoms with E-state index < -0.39 is 179 Å². The van der Waals surface area contributed by atoms with Crippen LogP contribution in [0.5, 0.6) is 17.2 Å². The lowest BCUT2D eigenvalue weighted by Crippen LogP contribution is -2.50. The Morgan fingerprint density at radius 1 is 0.417 bits per heavy atom. The maximum absolute atomic E-state index is 14.3. The van der Waals surface area contributed by atoms with E-state index in [1.807, 2.05) is 0 Å². The second-order valence-corrected chi connectivity index (χ2v) is 12.1. The van der Waals surface area contributed by atoms with E-state index in [0.29, 0.717) is 5.56 Å². The number of carbonyl (C=O) groups is 4. The summed E-state index contributed by atoms with van der Waals surface area (Å²) in [6.45, 7) is -0.560. The molecule has 4 rings (SSSR count). The predicted molar refractivity (Wildman–Crippen MR) is 166 cm³/mol. The number of alkyl carbamates (subject to hydrolysis) is 1. The zero-order valence-electron chi connectivity index (χ0n) is 29.3. The molecule has 0 aliphatic carbocycles. The van der Waals surface area contributed by atoms with Crippen molar-refractivity contribution < 1.29 is 104 Å². The van der Waals surface area contributed by atoms with Crippen molar-refractivity contribution in [1.29, 1.82) is 0 Å². The lowest BCUT2D eigenvalue weighted by atomic mass is 9.83. The summed E-state index contributed by atoms with van der Waals surface area (Å²) in [5, 5.41) is 2.07. The highest BCUT2D eigenvalue weighted by Gasteiger charge is 2.38. The first-order valence-corrected chi connectivity index (χ1v) is 16.3. The third-order valence-corrected chi connectivity index (χ3v) is 8.16. The second-order valence-electron chi connectivity index (χ2n) is 12.1. The minimum atomic E-state index is -2.66. The van der Waals surface area contributed by atoms with Gasteiger partial charge in [-0.15, -0.1) is 0 Å². The quantitative estimate of drug-likeness (QED) is 0.0414. The molecule has 24 heteroatoms. The Kier molecular flexibility index (Phi) is 14.7. The van der Waals surface area contributed by atoms with E-state index in [2.05, 4.69) is 19.5 Å². The largest absolute Gasteiger partial charge is 0.445 e. The summed E-state index contributed by atoms with van der Waals surface area (Å²) in [5.74, 6) is -51.2. The molecule has 0 atom stereocenters. The van der Waals surface area contributed by atoms with Crippen LogP contribution in [0.4, 0.5) is 70.7 Å². The van der Waals surface area contributed by atoms with Gasteiger partial charge in [-0.2, -0.15) is 26.3 Å². The van der Waals surface area contributed by atoms with Gasteiger partial charge in [-0.25, -0.2) is 44.3 Å². The standard InChI is InChI=1S/C36H20F15NO8/c37-17-20(40)26(46)32(27(47)21(17)41)58-14(53)6-9-36(52-35(56)57-12-13-4-2-1-3-5-13,10-7-15(54)59-33-28(48)22(42)18(38)23(43)29(33)49)11-8-16(55)60-34-30(50)24(44)19(39)25(45)31(34)51/h1-5H,6-12H2,(H,52,56). The average molecular weight is 880 g/mol. The molecule has 0 fully saturated rings. The number of hydrogen-bond acceptors (Lipinski definition) is 8. The van der Waals surface area contributed by atoms with Gasteiger partial charge in [-0.3, -0.25) is 14.4 Å². The van der Waals surface area contributed by atoms with Crippen molar-refractivity contribution in [2.75, 3.05) is 0 Å². The van der Waals surface area contributed by atoms with Crippen LogP contribution in [-0.4, -0.2) is 29.5 Å². The molecule has 0 aliphatic rings. The first-order chi connectivity index (χ1) is 28.1. The number of rotatable bonds is 15. The Morgan fingerprint density at radius 2 is 0.683 bits per heavy atom. The van der Waals surface area contributed by atoms with E-state index in [-0.39, 0.29) is 0 Å². The molecule has 0 bridgehead atoms. The Bertz CT molecular complexity index is 2050.